The molecule has 7 heteroatoms. The summed E-state index contributed by atoms with van der Waals surface area (Å²) in [4.78, 5) is 4.01. The van der Waals surface area contributed by atoms with E-state index in [-0.39, 0.29) is 20.1 Å². The molecule has 0 bridgehead atoms. The van der Waals surface area contributed by atoms with Crippen LogP contribution < -0.4 is 10.6 Å². The van der Waals surface area contributed by atoms with Crippen LogP contribution in [0.1, 0.15) is 0 Å². The van der Waals surface area contributed by atoms with Crippen molar-refractivity contribution < 1.29 is 20.1 Å². The second-order valence-electron chi connectivity index (χ2n) is 5.74. The van der Waals surface area contributed by atoms with Crippen LogP contribution in [-0.2, 0) is 20.1 Å². The maximum absolute atomic E-state index is 8.28. The van der Waals surface area contributed by atoms with Crippen LogP contribution in [-0.4, -0.2) is 18.6 Å². The average molecular weight is 625 g/mol. The van der Waals surface area contributed by atoms with E-state index in [9.17, 15) is 0 Å². The zero-order valence-electron chi connectivity index (χ0n) is 18.3. The first-order chi connectivity index (χ1) is 16.3. The molecule has 0 unspecified atom stereocenters. The summed E-state index contributed by atoms with van der Waals surface area (Å²) in [6, 6.07) is 31.3. The van der Waals surface area contributed by atoms with Gasteiger partial charge in [0.05, 0.1) is 0 Å². The fraction of sp³-hybridized carbons (Fsp3) is 0. The van der Waals surface area contributed by atoms with Crippen LogP contribution in [0, 0.1) is 18.2 Å². The van der Waals surface area contributed by atoms with Crippen LogP contribution in [0.15, 0.2) is 115 Å². The Morgan fingerprint density at radius 3 is 1.59 bits per heavy atom. The van der Waals surface area contributed by atoms with Crippen LogP contribution in [0.5, 0.6) is 0 Å². The predicted octanol–water partition coefficient (Wildman–Crippen LogP) is 6.86. The summed E-state index contributed by atoms with van der Waals surface area (Å²) in [5, 5.41) is 22.4. The van der Waals surface area contributed by atoms with Crippen LogP contribution in [0.2, 0.25) is 0 Å². The molecule has 3 N–H and O–H groups in total. The molecular formula is C27H24IrN6-6. The first-order valence-corrected chi connectivity index (χ1v) is 9.85. The molecule has 1 radical (unpaired) electrons. The summed E-state index contributed by atoms with van der Waals surface area (Å²) in [5.74, 6) is 0. The fourth-order valence-corrected chi connectivity index (χ4v) is 1.96. The Labute approximate surface area is 215 Å². The van der Waals surface area contributed by atoms with Crippen molar-refractivity contribution in [2.45, 2.75) is 0 Å². The summed E-state index contributed by atoms with van der Waals surface area (Å²) in [7, 11) is 0. The van der Waals surface area contributed by atoms with Gasteiger partial charge in [0.15, 0.2) is 0 Å². The van der Waals surface area contributed by atoms with Gasteiger partial charge >= 0.3 is 0 Å². The third kappa shape index (κ3) is 16.6. The number of hydrogen-bond donors (Lipinski definition) is 2. The summed E-state index contributed by atoms with van der Waals surface area (Å²) in [6.07, 6.45) is 12.5. The van der Waals surface area contributed by atoms with Crippen molar-refractivity contribution in [2.75, 3.05) is 10.6 Å². The average Bonchev–Trinajstić information content (AvgIpc) is 2.87. The topological polar surface area (TPSA) is 105 Å². The molecule has 3 aromatic rings. The van der Waals surface area contributed by atoms with Gasteiger partial charge in [0.25, 0.3) is 0 Å². The van der Waals surface area contributed by atoms with Crippen LogP contribution in [0.3, 0.4) is 0 Å². The molecule has 0 aliphatic rings. The minimum absolute atomic E-state index is 0. The summed E-state index contributed by atoms with van der Waals surface area (Å²) < 4.78 is 0. The minimum atomic E-state index is 0. The van der Waals surface area contributed by atoms with E-state index in [1.54, 1.807) is 30.8 Å². The molecule has 177 valence electrons. The number of nitrogens with one attached hydrogen (secondary N) is 3. The molecule has 34 heavy (non-hydrogen) atoms. The number of allylic oxidation sites excluding steroid dienone is 3. The number of rotatable bonds is 8. The molecule has 0 fully saturated rings. The van der Waals surface area contributed by atoms with E-state index in [0.29, 0.717) is 0 Å². The molecular weight excluding hydrogens is 601 g/mol. The SMILES string of the molecule is [Ir].[N-]=C/C=C\Nc1[c-]cccc1.[N-]=C/C=C\Nc1[c-]cccc1.[NH-]/C=C\C=Nc1[c-]cccc1. The Kier molecular flexibility index (Phi) is 19.5. The van der Waals surface area contributed by atoms with E-state index in [4.69, 9.17) is 16.6 Å². The Hall–Kier alpha value is -4.06. The van der Waals surface area contributed by atoms with Gasteiger partial charge < -0.3 is 27.2 Å². The van der Waals surface area contributed by atoms with Gasteiger partial charge in [-0.3, -0.25) is 4.99 Å². The van der Waals surface area contributed by atoms with Crippen molar-refractivity contribution in [3.05, 3.63) is 144 Å². The molecule has 0 aliphatic carbocycles. The first kappa shape index (κ1) is 29.9. The predicted molar refractivity (Wildman–Crippen MR) is 142 cm³/mol. The van der Waals surface area contributed by atoms with Gasteiger partial charge in [-0.05, 0) is 18.1 Å². The molecule has 0 saturated carbocycles. The Balaban J connectivity index is 0.000000473. The largest absolute Gasteiger partial charge is 0.811 e. The molecule has 6 nitrogen and oxygen atoms in total. The van der Waals surface area contributed by atoms with E-state index in [0.717, 1.165) is 29.5 Å². The molecule has 0 aliphatic heterocycles. The summed E-state index contributed by atoms with van der Waals surface area (Å²) >= 11 is 0. The summed E-state index contributed by atoms with van der Waals surface area (Å²) in [5.41, 5.74) is 9.23. The van der Waals surface area contributed by atoms with E-state index in [2.05, 4.69) is 33.8 Å². The molecule has 0 saturated heterocycles. The van der Waals surface area contributed by atoms with Gasteiger partial charge in [-0.25, -0.2) is 0 Å². The fourth-order valence-electron chi connectivity index (χ4n) is 1.96. The second-order valence-corrected chi connectivity index (χ2v) is 5.74. The van der Waals surface area contributed by atoms with Crippen molar-refractivity contribution >= 4 is 35.7 Å². The molecule has 0 amide bonds. The third-order valence-corrected chi connectivity index (χ3v) is 3.35. The summed E-state index contributed by atoms with van der Waals surface area (Å²) in [6.45, 7) is 0. The van der Waals surface area contributed by atoms with Crippen LogP contribution in [0.25, 0.3) is 16.6 Å². The Morgan fingerprint density at radius 1 is 0.706 bits per heavy atom. The number of benzene rings is 3. The molecule has 0 aromatic heterocycles. The van der Waals surface area contributed by atoms with Gasteiger partial charge in [-0.2, -0.15) is 91.4 Å². The van der Waals surface area contributed by atoms with Gasteiger partial charge in [0, 0.05) is 26.3 Å². The van der Waals surface area contributed by atoms with E-state index >= 15 is 0 Å². The normalized spacial score (nSPS) is 10.0. The molecule has 0 heterocycles. The van der Waals surface area contributed by atoms with Crippen molar-refractivity contribution in [3.63, 3.8) is 0 Å². The van der Waals surface area contributed by atoms with E-state index in [1.165, 1.54) is 18.4 Å². The standard InChI is InChI=1S/3C9H8N2.Ir/c3*10-7-4-8-11-9-5-2-1-3-6-9;/h2*1-5,7-8,11H;1-5,7-8,10H;/q3*-2;/b2*8-4-;7-4-,11-8?;. The maximum atomic E-state index is 8.28. The number of nitrogens with zero attached hydrogens (tertiary/aromatic N) is 3. The van der Waals surface area contributed by atoms with Crippen molar-refractivity contribution in [1.29, 1.82) is 0 Å². The zero-order chi connectivity index (χ0) is 23.8. The number of aliphatic imine (C=N–C) groups is 1. The smallest absolute Gasteiger partial charge is 0.0231 e. The first-order valence-electron chi connectivity index (χ1n) is 9.85. The quantitative estimate of drug-likeness (QED) is 0.211. The van der Waals surface area contributed by atoms with E-state index in [1.807, 2.05) is 66.7 Å². The molecule has 3 rings (SSSR count). The molecule has 3 aromatic carbocycles. The van der Waals surface area contributed by atoms with Gasteiger partial charge in [0.2, 0.25) is 0 Å². The van der Waals surface area contributed by atoms with Crippen LogP contribution in [0.4, 0.5) is 17.1 Å². The van der Waals surface area contributed by atoms with Crippen molar-refractivity contribution in [3.8, 4) is 0 Å². The van der Waals surface area contributed by atoms with Crippen molar-refractivity contribution in [2.24, 2.45) is 4.99 Å². The number of para-hydroxylation sites is 3. The zero-order valence-corrected chi connectivity index (χ0v) is 20.7. The molecule has 0 spiro atoms. The molecule has 0 atom stereocenters. The maximum Gasteiger partial charge on any atom is 0.0231 e. The number of anilines is 2. The van der Waals surface area contributed by atoms with Gasteiger partial charge in [0.1, 0.15) is 0 Å². The number of hydrogen-bond acceptors (Lipinski definition) is 3. The van der Waals surface area contributed by atoms with E-state index < -0.39 is 0 Å². The van der Waals surface area contributed by atoms with Gasteiger partial charge in [-0.1, -0.05) is 29.6 Å². The third-order valence-electron chi connectivity index (χ3n) is 3.35. The minimum Gasteiger partial charge on any atom is -0.811 e. The second kappa shape index (κ2) is 22.1. The Morgan fingerprint density at radius 2 is 1.21 bits per heavy atom. The van der Waals surface area contributed by atoms with Crippen LogP contribution >= 0.6 is 0 Å². The Bertz CT molecular complexity index is 946. The van der Waals surface area contributed by atoms with Gasteiger partial charge in [-0.15, -0.1) is 18.2 Å². The monoisotopic (exact) mass is 625 g/mol. The van der Waals surface area contributed by atoms with Crippen molar-refractivity contribution in [1.82, 2.24) is 0 Å².